The fourth-order valence-corrected chi connectivity index (χ4v) is 4.16. The van der Waals surface area contributed by atoms with E-state index in [1.807, 2.05) is 37.9 Å². The summed E-state index contributed by atoms with van der Waals surface area (Å²) in [5, 5.41) is 13.6. The van der Waals surface area contributed by atoms with Crippen LogP contribution in [-0.4, -0.2) is 57.9 Å². The largest absolute Gasteiger partial charge is 0.369 e. The van der Waals surface area contributed by atoms with Gasteiger partial charge in [0.25, 0.3) is 5.91 Å². The molecule has 2 aromatic heterocycles. The third kappa shape index (κ3) is 3.22. The molecule has 2 aliphatic heterocycles. The van der Waals surface area contributed by atoms with E-state index in [1.165, 1.54) is 0 Å². The molecule has 2 aliphatic rings. The van der Waals surface area contributed by atoms with Crippen molar-refractivity contribution in [1.82, 2.24) is 19.7 Å². The van der Waals surface area contributed by atoms with Crippen molar-refractivity contribution < 1.29 is 9.53 Å². The zero-order chi connectivity index (χ0) is 19.8. The zero-order valence-electron chi connectivity index (χ0n) is 16.4. The summed E-state index contributed by atoms with van der Waals surface area (Å²) in [5.74, 6) is 0.762. The number of carbonyl (C=O) groups excluding carboxylic acids is 1. The standard InChI is InChI=1S/C20H24N6O2/c1-13-11-16-18(23-24(3)19(16)14(2)28-13)20(27)26-9-7-25(8-10-26)17-6-4-5-15(12-21)22-17/h4-6,13-14H,7-11H2,1-3H3/t13-,14+/m1/s1. The molecule has 0 aliphatic carbocycles. The van der Waals surface area contributed by atoms with Gasteiger partial charge in [0, 0.05) is 45.2 Å². The molecule has 1 amide bonds. The van der Waals surface area contributed by atoms with Gasteiger partial charge in [-0.1, -0.05) is 6.07 Å². The predicted octanol–water partition coefficient (Wildman–Crippen LogP) is 1.67. The Labute approximate surface area is 164 Å². The molecule has 8 nitrogen and oxygen atoms in total. The normalized spacial score (nSPS) is 21.9. The van der Waals surface area contributed by atoms with Gasteiger partial charge in [0.05, 0.1) is 17.9 Å². The van der Waals surface area contributed by atoms with E-state index < -0.39 is 0 Å². The molecule has 0 bridgehead atoms. The predicted molar refractivity (Wildman–Crippen MR) is 103 cm³/mol. The van der Waals surface area contributed by atoms with Crippen molar-refractivity contribution in [3.63, 3.8) is 0 Å². The van der Waals surface area contributed by atoms with Crippen LogP contribution in [-0.2, 0) is 18.2 Å². The van der Waals surface area contributed by atoms with E-state index in [1.54, 1.807) is 10.7 Å². The monoisotopic (exact) mass is 380 g/mol. The first-order chi connectivity index (χ1) is 13.5. The van der Waals surface area contributed by atoms with Gasteiger partial charge < -0.3 is 14.5 Å². The highest BCUT2D eigenvalue weighted by atomic mass is 16.5. The number of amides is 1. The van der Waals surface area contributed by atoms with Gasteiger partial charge in [-0.15, -0.1) is 0 Å². The Kier molecular flexibility index (Phi) is 4.77. The van der Waals surface area contributed by atoms with Crippen molar-refractivity contribution >= 4 is 11.7 Å². The SMILES string of the molecule is C[C@@H]1Cc2c(C(=O)N3CCN(c4cccc(C#N)n4)CC3)nn(C)c2[C@H](C)O1. The summed E-state index contributed by atoms with van der Waals surface area (Å²) < 4.78 is 7.68. The van der Waals surface area contributed by atoms with E-state index in [9.17, 15) is 4.79 Å². The molecule has 0 saturated carbocycles. The number of piperazine rings is 1. The highest BCUT2D eigenvalue weighted by Gasteiger charge is 2.33. The second-order valence-electron chi connectivity index (χ2n) is 7.40. The Hall–Kier alpha value is -2.92. The van der Waals surface area contributed by atoms with Crippen LogP contribution in [0.4, 0.5) is 5.82 Å². The lowest BCUT2D eigenvalue weighted by Gasteiger charge is -2.35. The maximum Gasteiger partial charge on any atom is 0.274 e. The van der Waals surface area contributed by atoms with Crippen LogP contribution >= 0.6 is 0 Å². The minimum Gasteiger partial charge on any atom is -0.369 e. The summed E-state index contributed by atoms with van der Waals surface area (Å²) in [7, 11) is 1.87. The number of pyridine rings is 1. The first-order valence-corrected chi connectivity index (χ1v) is 9.60. The van der Waals surface area contributed by atoms with E-state index >= 15 is 0 Å². The van der Waals surface area contributed by atoms with Crippen LogP contribution in [0, 0.1) is 11.3 Å². The number of hydrogen-bond acceptors (Lipinski definition) is 6. The molecule has 4 rings (SSSR count). The van der Waals surface area contributed by atoms with Crippen molar-refractivity contribution in [2.75, 3.05) is 31.1 Å². The van der Waals surface area contributed by atoms with Gasteiger partial charge in [-0.05, 0) is 26.0 Å². The summed E-state index contributed by atoms with van der Waals surface area (Å²) in [6.07, 6.45) is 0.723. The number of fused-ring (bicyclic) bond motifs is 1. The molecular weight excluding hydrogens is 356 g/mol. The number of nitrogens with zero attached hydrogens (tertiary/aromatic N) is 6. The van der Waals surface area contributed by atoms with Gasteiger partial charge in [0.2, 0.25) is 0 Å². The molecule has 1 saturated heterocycles. The zero-order valence-corrected chi connectivity index (χ0v) is 16.4. The summed E-state index contributed by atoms with van der Waals surface area (Å²) in [6.45, 7) is 6.60. The smallest absolute Gasteiger partial charge is 0.274 e. The van der Waals surface area contributed by atoms with Crippen molar-refractivity contribution in [2.45, 2.75) is 32.5 Å². The Morgan fingerprint density at radius 2 is 2.00 bits per heavy atom. The number of anilines is 1. The third-order valence-electron chi connectivity index (χ3n) is 5.45. The summed E-state index contributed by atoms with van der Waals surface area (Å²) in [6, 6.07) is 7.50. The minimum absolute atomic E-state index is 0.0171. The minimum atomic E-state index is -0.0619. The molecule has 4 heterocycles. The van der Waals surface area contributed by atoms with E-state index in [4.69, 9.17) is 10.00 Å². The Morgan fingerprint density at radius 3 is 2.71 bits per heavy atom. The van der Waals surface area contributed by atoms with Crippen LogP contribution in [0.3, 0.4) is 0 Å². The maximum atomic E-state index is 13.2. The van der Waals surface area contributed by atoms with E-state index in [-0.39, 0.29) is 18.1 Å². The van der Waals surface area contributed by atoms with Crippen LogP contribution in [0.15, 0.2) is 18.2 Å². The van der Waals surface area contributed by atoms with Crippen LogP contribution in [0.5, 0.6) is 0 Å². The van der Waals surface area contributed by atoms with E-state index in [0.29, 0.717) is 44.0 Å². The molecule has 0 radical (unpaired) electrons. The van der Waals surface area contributed by atoms with Crippen LogP contribution < -0.4 is 4.90 Å². The van der Waals surface area contributed by atoms with Crippen molar-refractivity contribution in [1.29, 1.82) is 5.26 Å². The first kappa shape index (κ1) is 18.4. The van der Waals surface area contributed by atoms with Crippen LogP contribution in [0.1, 0.15) is 47.4 Å². The van der Waals surface area contributed by atoms with Gasteiger partial charge >= 0.3 is 0 Å². The summed E-state index contributed by atoms with van der Waals surface area (Å²) in [4.78, 5) is 21.5. The number of carbonyl (C=O) groups is 1. The number of rotatable bonds is 2. The Morgan fingerprint density at radius 1 is 1.25 bits per heavy atom. The second kappa shape index (κ2) is 7.24. The lowest BCUT2D eigenvalue weighted by molar-refractivity contribution is -0.00906. The molecule has 0 spiro atoms. The van der Waals surface area contributed by atoms with Crippen LogP contribution in [0.25, 0.3) is 0 Å². The van der Waals surface area contributed by atoms with Crippen molar-refractivity contribution in [3.05, 3.63) is 40.8 Å². The summed E-state index contributed by atoms with van der Waals surface area (Å²) >= 11 is 0. The van der Waals surface area contributed by atoms with Gasteiger partial charge in [0.1, 0.15) is 17.6 Å². The lowest BCUT2D eigenvalue weighted by atomic mass is 9.99. The molecule has 28 heavy (non-hydrogen) atoms. The molecule has 8 heteroatoms. The molecule has 0 unspecified atom stereocenters. The van der Waals surface area contributed by atoms with Gasteiger partial charge in [-0.2, -0.15) is 10.4 Å². The van der Waals surface area contributed by atoms with Crippen molar-refractivity contribution in [3.8, 4) is 6.07 Å². The maximum absolute atomic E-state index is 13.2. The molecule has 146 valence electrons. The molecule has 0 N–H and O–H groups in total. The molecule has 0 aromatic carbocycles. The van der Waals surface area contributed by atoms with E-state index in [0.717, 1.165) is 17.1 Å². The highest BCUT2D eigenvalue weighted by Crippen LogP contribution is 2.32. The Bertz CT molecular complexity index is 939. The molecule has 2 atom stereocenters. The topological polar surface area (TPSA) is 87.3 Å². The van der Waals surface area contributed by atoms with Crippen LogP contribution in [0.2, 0.25) is 0 Å². The number of aryl methyl sites for hydroxylation is 1. The number of ether oxygens (including phenoxy) is 1. The lowest BCUT2D eigenvalue weighted by Crippen LogP contribution is -2.49. The highest BCUT2D eigenvalue weighted by molar-refractivity contribution is 5.94. The van der Waals surface area contributed by atoms with Gasteiger partial charge in [-0.3, -0.25) is 9.48 Å². The van der Waals surface area contributed by atoms with Gasteiger partial charge in [0.15, 0.2) is 5.69 Å². The number of aromatic nitrogens is 3. The molecule has 2 aromatic rings. The second-order valence-corrected chi connectivity index (χ2v) is 7.40. The fourth-order valence-electron chi connectivity index (χ4n) is 4.16. The average Bonchev–Trinajstić information content (AvgIpc) is 3.04. The first-order valence-electron chi connectivity index (χ1n) is 9.60. The number of hydrogen-bond donors (Lipinski definition) is 0. The van der Waals surface area contributed by atoms with E-state index in [2.05, 4.69) is 21.1 Å². The quantitative estimate of drug-likeness (QED) is 0.788. The third-order valence-corrected chi connectivity index (χ3v) is 5.45. The Balaban J connectivity index is 1.49. The molecule has 1 fully saturated rings. The summed E-state index contributed by atoms with van der Waals surface area (Å²) in [5.41, 5.74) is 2.97. The number of nitriles is 1. The van der Waals surface area contributed by atoms with Crippen molar-refractivity contribution in [2.24, 2.45) is 7.05 Å². The fraction of sp³-hybridized carbons (Fsp3) is 0.500. The average molecular weight is 380 g/mol. The van der Waals surface area contributed by atoms with Gasteiger partial charge in [-0.25, -0.2) is 4.98 Å². The molecular formula is C20H24N6O2.